The summed E-state index contributed by atoms with van der Waals surface area (Å²) in [7, 11) is 0. The van der Waals surface area contributed by atoms with Crippen LogP contribution in [0.5, 0.6) is 0 Å². The maximum atomic E-state index is 10.9. The van der Waals surface area contributed by atoms with Gasteiger partial charge >= 0.3 is 5.97 Å². The molecule has 0 spiro atoms. The molecule has 17 heavy (non-hydrogen) atoms. The van der Waals surface area contributed by atoms with Crippen LogP contribution >= 0.6 is 11.8 Å². The molecule has 0 aliphatic carbocycles. The van der Waals surface area contributed by atoms with Crippen LogP contribution in [0.1, 0.15) is 40.5 Å². The Hall–Kier alpha value is -0.260. The number of ether oxygens (including phenoxy) is 1. The van der Waals surface area contributed by atoms with Crippen molar-refractivity contribution < 1.29 is 14.6 Å². The minimum Gasteiger partial charge on any atom is -0.480 e. The molecule has 5 heteroatoms. The molecule has 1 aliphatic rings. The largest absolute Gasteiger partial charge is 0.480 e. The minimum atomic E-state index is -0.949. The van der Waals surface area contributed by atoms with Gasteiger partial charge in [-0.2, -0.15) is 11.8 Å². The fourth-order valence-corrected chi connectivity index (χ4v) is 3.02. The Kier molecular flexibility index (Phi) is 4.49. The van der Waals surface area contributed by atoms with Gasteiger partial charge in [0.25, 0.3) is 0 Å². The van der Waals surface area contributed by atoms with E-state index in [2.05, 4.69) is 13.8 Å². The second kappa shape index (κ2) is 5.16. The van der Waals surface area contributed by atoms with E-state index in [0.29, 0.717) is 0 Å². The van der Waals surface area contributed by atoms with Gasteiger partial charge in [-0.1, -0.05) is 0 Å². The Labute approximate surface area is 107 Å². The summed E-state index contributed by atoms with van der Waals surface area (Å²) >= 11 is 1.58. The minimum absolute atomic E-state index is 0.0374. The van der Waals surface area contributed by atoms with Gasteiger partial charge < -0.3 is 15.6 Å². The third-order valence-corrected chi connectivity index (χ3v) is 4.75. The van der Waals surface area contributed by atoms with Gasteiger partial charge in [-0.3, -0.25) is 4.79 Å². The molecule has 3 N–H and O–H groups in total. The van der Waals surface area contributed by atoms with Gasteiger partial charge in [0.1, 0.15) is 6.04 Å². The van der Waals surface area contributed by atoms with E-state index >= 15 is 0 Å². The Morgan fingerprint density at radius 1 is 1.65 bits per heavy atom. The highest BCUT2D eigenvalue weighted by atomic mass is 32.2. The smallest absolute Gasteiger partial charge is 0.321 e. The maximum Gasteiger partial charge on any atom is 0.321 e. The number of carboxylic acid groups (broad SMARTS) is 1. The third kappa shape index (κ3) is 4.16. The molecule has 0 saturated carbocycles. The summed E-state index contributed by atoms with van der Waals surface area (Å²) in [6.45, 7) is 7.92. The van der Waals surface area contributed by atoms with Crippen molar-refractivity contribution in [1.82, 2.24) is 0 Å². The molecule has 0 aromatic heterocycles. The molecule has 1 saturated heterocycles. The lowest BCUT2D eigenvalue weighted by molar-refractivity contribution is -0.139. The normalized spacial score (nSPS) is 25.8. The van der Waals surface area contributed by atoms with E-state index in [9.17, 15) is 4.79 Å². The quantitative estimate of drug-likeness (QED) is 0.790. The van der Waals surface area contributed by atoms with Crippen molar-refractivity contribution >= 4 is 17.7 Å². The van der Waals surface area contributed by atoms with Crippen molar-refractivity contribution in [2.75, 3.05) is 5.75 Å². The molecule has 0 aromatic carbocycles. The predicted octanol–water partition coefficient (Wildman–Crippen LogP) is 1.87. The number of hydrogen-bond donors (Lipinski definition) is 2. The standard InChI is InChI=1S/C12H23NO3S/c1-11(2)6-5-8(16-11)7-17-12(3,4)9(13)10(14)15/h8-9H,5-7,13H2,1-4H3,(H,14,15)/t8?,9-/m1/s1. The summed E-state index contributed by atoms with van der Waals surface area (Å²) in [6.07, 6.45) is 2.32. The molecule has 1 rings (SSSR count). The van der Waals surface area contributed by atoms with Gasteiger partial charge in [0.15, 0.2) is 0 Å². The van der Waals surface area contributed by atoms with Gasteiger partial charge in [0.2, 0.25) is 0 Å². The first-order valence-electron chi connectivity index (χ1n) is 5.94. The first kappa shape index (κ1) is 14.8. The van der Waals surface area contributed by atoms with Crippen LogP contribution in [0.15, 0.2) is 0 Å². The monoisotopic (exact) mass is 261 g/mol. The van der Waals surface area contributed by atoms with E-state index in [1.54, 1.807) is 11.8 Å². The van der Waals surface area contributed by atoms with Gasteiger partial charge in [0.05, 0.1) is 11.7 Å². The molecule has 0 bridgehead atoms. The Bertz CT molecular complexity index is 291. The number of hydrogen-bond acceptors (Lipinski definition) is 4. The highest BCUT2D eigenvalue weighted by molar-refractivity contribution is 8.00. The Balaban J connectivity index is 2.43. The van der Waals surface area contributed by atoms with Crippen LogP contribution in [0, 0.1) is 0 Å². The highest BCUT2D eigenvalue weighted by Gasteiger charge is 2.36. The van der Waals surface area contributed by atoms with E-state index in [-0.39, 0.29) is 11.7 Å². The van der Waals surface area contributed by atoms with Crippen molar-refractivity contribution in [2.24, 2.45) is 5.73 Å². The first-order valence-corrected chi connectivity index (χ1v) is 6.93. The van der Waals surface area contributed by atoms with Crippen molar-refractivity contribution in [3.05, 3.63) is 0 Å². The summed E-state index contributed by atoms with van der Waals surface area (Å²) in [6, 6.07) is -0.845. The molecule has 1 heterocycles. The lowest BCUT2D eigenvalue weighted by Gasteiger charge is -2.29. The van der Waals surface area contributed by atoms with E-state index in [1.807, 2.05) is 13.8 Å². The van der Waals surface area contributed by atoms with Crippen LogP contribution in [0.4, 0.5) is 0 Å². The van der Waals surface area contributed by atoms with Gasteiger partial charge in [-0.15, -0.1) is 0 Å². The molecule has 0 amide bonds. The average Bonchev–Trinajstić information content (AvgIpc) is 2.54. The summed E-state index contributed by atoms with van der Waals surface area (Å²) in [5, 5.41) is 8.92. The highest BCUT2D eigenvalue weighted by Crippen LogP contribution is 2.35. The van der Waals surface area contributed by atoms with Crippen LogP contribution in [-0.2, 0) is 9.53 Å². The van der Waals surface area contributed by atoms with Gasteiger partial charge in [0, 0.05) is 10.5 Å². The maximum absolute atomic E-state index is 10.9. The lowest BCUT2D eigenvalue weighted by atomic mass is 10.1. The van der Waals surface area contributed by atoms with Crippen LogP contribution in [0.2, 0.25) is 0 Å². The van der Waals surface area contributed by atoms with Crippen LogP contribution in [0.25, 0.3) is 0 Å². The zero-order valence-corrected chi connectivity index (χ0v) is 11.8. The van der Waals surface area contributed by atoms with Crippen LogP contribution in [0.3, 0.4) is 0 Å². The molecule has 1 unspecified atom stereocenters. The second-order valence-electron chi connectivity index (χ2n) is 5.77. The second-order valence-corrected chi connectivity index (χ2v) is 7.44. The molecule has 2 atom stereocenters. The van der Waals surface area contributed by atoms with Crippen LogP contribution in [-0.4, -0.2) is 39.3 Å². The molecule has 0 radical (unpaired) electrons. The summed E-state index contributed by atoms with van der Waals surface area (Å²) in [4.78, 5) is 10.9. The fraction of sp³-hybridized carbons (Fsp3) is 0.917. The lowest BCUT2D eigenvalue weighted by Crippen LogP contribution is -2.47. The van der Waals surface area contributed by atoms with Crippen molar-refractivity contribution in [1.29, 1.82) is 0 Å². The summed E-state index contributed by atoms with van der Waals surface area (Å²) in [5.74, 6) is -0.146. The molecule has 100 valence electrons. The van der Waals surface area contributed by atoms with Crippen molar-refractivity contribution in [3.8, 4) is 0 Å². The van der Waals surface area contributed by atoms with E-state index in [0.717, 1.165) is 18.6 Å². The number of rotatable bonds is 5. The average molecular weight is 261 g/mol. The summed E-state index contributed by atoms with van der Waals surface area (Å²) < 4.78 is 5.41. The van der Waals surface area contributed by atoms with Crippen LogP contribution < -0.4 is 5.73 Å². The SMILES string of the molecule is CC1(C)CCC(CSC(C)(C)[C@H](N)C(=O)O)O1. The van der Waals surface area contributed by atoms with Gasteiger partial charge in [-0.25, -0.2) is 0 Å². The zero-order chi connectivity index (χ0) is 13.3. The Morgan fingerprint density at radius 3 is 2.65 bits per heavy atom. The Morgan fingerprint density at radius 2 is 2.24 bits per heavy atom. The fourth-order valence-electron chi connectivity index (χ4n) is 1.89. The van der Waals surface area contributed by atoms with Gasteiger partial charge in [-0.05, 0) is 40.5 Å². The number of carbonyl (C=O) groups is 1. The third-order valence-electron chi connectivity index (χ3n) is 3.21. The molecular formula is C12H23NO3S. The topological polar surface area (TPSA) is 72.6 Å². The first-order chi connectivity index (χ1) is 7.64. The predicted molar refractivity (Wildman–Crippen MR) is 70.3 cm³/mol. The zero-order valence-electron chi connectivity index (χ0n) is 11.0. The number of nitrogens with two attached hydrogens (primary N) is 1. The molecule has 1 aliphatic heterocycles. The van der Waals surface area contributed by atoms with Crippen molar-refractivity contribution in [3.63, 3.8) is 0 Å². The van der Waals surface area contributed by atoms with E-state index in [1.165, 1.54) is 0 Å². The molecule has 4 nitrogen and oxygen atoms in total. The van der Waals surface area contributed by atoms with Crippen molar-refractivity contribution in [2.45, 2.75) is 63.0 Å². The van der Waals surface area contributed by atoms with E-state index in [4.69, 9.17) is 15.6 Å². The van der Waals surface area contributed by atoms with E-state index < -0.39 is 16.8 Å². The number of aliphatic carboxylic acids is 1. The number of thioether (sulfide) groups is 1. The molecule has 1 fully saturated rings. The number of carboxylic acids is 1. The summed E-state index contributed by atoms with van der Waals surface area (Å²) in [5.41, 5.74) is 5.63. The molecular weight excluding hydrogens is 238 g/mol. The molecule has 0 aromatic rings.